The van der Waals surface area contributed by atoms with Gasteiger partial charge in [-0.25, -0.2) is 14.8 Å². The van der Waals surface area contributed by atoms with Crippen molar-refractivity contribution in [3.05, 3.63) is 54.1 Å². The van der Waals surface area contributed by atoms with Crippen LogP contribution in [-0.2, 0) is 11.2 Å². The molecule has 2 aliphatic rings. The molecular formula is C25H28N4O4. The van der Waals surface area contributed by atoms with E-state index in [4.69, 9.17) is 14.6 Å². The molecule has 0 bridgehead atoms. The molecule has 0 unspecified atom stereocenters. The molecular weight excluding hydrogens is 420 g/mol. The first-order valence-electron chi connectivity index (χ1n) is 11.6. The Hall–Kier alpha value is -3.26. The molecule has 5 rings (SSSR count). The van der Waals surface area contributed by atoms with E-state index in [1.807, 2.05) is 6.07 Å². The second-order valence-electron chi connectivity index (χ2n) is 8.79. The number of pyridine rings is 1. The molecule has 8 nitrogen and oxygen atoms in total. The number of aromatic nitrogens is 3. The van der Waals surface area contributed by atoms with Gasteiger partial charge < -0.3 is 19.5 Å². The summed E-state index contributed by atoms with van der Waals surface area (Å²) in [6, 6.07) is 7.65. The van der Waals surface area contributed by atoms with Crippen molar-refractivity contribution >= 4 is 22.7 Å². The minimum absolute atomic E-state index is 0.0884. The van der Waals surface area contributed by atoms with Gasteiger partial charge in [-0.05, 0) is 55.7 Å². The second kappa shape index (κ2) is 9.70. The Morgan fingerprint density at radius 2 is 1.85 bits per heavy atom. The molecule has 33 heavy (non-hydrogen) atoms. The quantitative estimate of drug-likeness (QED) is 0.609. The fraction of sp³-hybridized carbons (Fsp3) is 0.440. The SMILES string of the molecule is O=C(O)c1ccc(CC2CCC(Oc3cc(N4CCOCC4)cc4nccnc34)CC2)cn1. The summed E-state index contributed by atoms with van der Waals surface area (Å²) in [4.78, 5) is 26.4. The average molecular weight is 449 g/mol. The van der Waals surface area contributed by atoms with E-state index in [0.29, 0.717) is 5.92 Å². The molecule has 0 radical (unpaired) electrons. The number of nitrogens with zero attached hydrogens (tertiary/aromatic N) is 4. The van der Waals surface area contributed by atoms with Crippen LogP contribution in [0.5, 0.6) is 5.75 Å². The molecule has 172 valence electrons. The summed E-state index contributed by atoms with van der Waals surface area (Å²) in [6.45, 7) is 3.18. The molecule has 1 aromatic carbocycles. The van der Waals surface area contributed by atoms with Gasteiger partial charge in [0, 0.05) is 43.4 Å². The minimum atomic E-state index is -0.992. The number of anilines is 1. The summed E-state index contributed by atoms with van der Waals surface area (Å²) < 4.78 is 12.0. The van der Waals surface area contributed by atoms with Crippen LogP contribution in [0.15, 0.2) is 42.9 Å². The van der Waals surface area contributed by atoms with Gasteiger partial charge >= 0.3 is 5.97 Å². The molecule has 1 aliphatic carbocycles. The molecule has 2 aromatic heterocycles. The van der Waals surface area contributed by atoms with Gasteiger partial charge in [-0.2, -0.15) is 0 Å². The van der Waals surface area contributed by atoms with Crippen molar-refractivity contribution in [2.75, 3.05) is 31.2 Å². The van der Waals surface area contributed by atoms with Crippen molar-refractivity contribution in [2.45, 2.75) is 38.2 Å². The number of ether oxygens (including phenoxy) is 2. The average Bonchev–Trinajstić information content (AvgIpc) is 2.86. The monoisotopic (exact) mass is 448 g/mol. The lowest BCUT2D eigenvalue weighted by Crippen LogP contribution is -2.36. The van der Waals surface area contributed by atoms with E-state index in [2.05, 4.69) is 32.0 Å². The fourth-order valence-electron chi connectivity index (χ4n) is 4.76. The number of morpholine rings is 1. The van der Waals surface area contributed by atoms with Gasteiger partial charge in [0.1, 0.15) is 17.0 Å². The zero-order valence-electron chi connectivity index (χ0n) is 18.5. The number of hydrogen-bond donors (Lipinski definition) is 1. The van der Waals surface area contributed by atoms with Gasteiger partial charge in [-0.15, -0.1) is 0 Å². The van der Waals surface area contributed by atoms with Gasteiger partial charge in [0.25, 0.3) is 0 Å². The second-order valence-corrected chi connectivity index (χ2v) is 8.79. The number of aromatic carboxylic acids is 1. The standard InChI is InChI=1S/C25H28N4O4/c30-25(31)21-6-3-18(16-28-21)13-17-1-4-20(5-2-17)33-23-15-19(29-9-11-32-12-10-29)14-22-24(23)27-8-7-26-22/h3,6-8,14-17,20H,1-2,4-5,9-13H2,(H,30,31). The first kappa shape index (κ1) is 21.6. The van der Waals surface area contributed by atoms with Crippen molar-refractivity contribution in [1.82, 2.24) is 15.0 Å². The number of rotatable bonds is 6. The van der Waals surface area contributed by atoms with Gasteiger partial charge in [0.2, 0.25) is 0 Å². The summed E-state index contributed by atoms with van der Waals surface area (Å²) >= 11 is 0. The molecule has 1 saturated carbocycles. The summed E-state index contributed by atoms with van der Waals surface area (Å²) in [5.74, 6) is 0.367. The van der Waals surface area contributed by atoms with Crippen LogP contribution in [0.1, 0.15) is 41.7 Å². The van der Waals surface area contributed by atoms with Crippen LogP contribution in [-0.4, -0.2) is 58.4 Å². The predicted octanol–water partition coefficient (Wildman–Crippen LogP) is 3.74. The van der Waals surface area contributed by atoms with Crippen molar-refractivity contribution in [1.29, 1.82) is 0 Å². The smallest absolute Gasteiger partial charge is 0.354 e. The van der Waals surface area contributed by atoms with Gasteiger partial charge in [-0.1, -0.05) is 6.07 Å². The predicted molar refractivity (Wildman–Crippen MR) is 124 cm³/mol. The third-order valence-electron chi connectivity index (χ3n) is 6.56. The van der Waals surface area contributed by atoms with E-state index in [0.717, 1.165) is 86.4 Å². The number of carbonyl (C=O) groups is 1. The topological polar surface area (TPSA) is 97.7 Å². The Kier molecular flexibility index (Phi) is 6.35. The number of carboxylic acid groups (broad SMARTS) is 1. The highest BCUT2D eigenvalue weighted by Gasteiger charge is 2.24. The molecule has 8 heteroatoms. The zero-order chi connectivity index (χ0) is 22.6. The van der Waals surface area contributed by atoms with E-state index in [1.54, 1.807) is 24.7 Å². The summed E-state index contributed by atoms with van der Waals surface area (Å²) in [5.41, 5.74) is 3.94. The van der Waals surface area contributed by atoms with Gasteiger partial charge in [-0.3, -0.25) is 4.98 Å². The number of fused-ring (bicyclic) bond motifs is 1. The molecule has 3 aromatic rings. The van der Waals surface area contributed by atoms with Crippen molar-refractivity contribution in [2.24, 2.45) is 5.92 Å². The van der Waals surface area contributed by atoms with Gasteiger partial charge in [0.15, 0.2) is 0 Å². The number of carboxylic acids is 1. The number of benzene rings is 1. The molecule has 2 fully saturated rings. The Morgan fingerprint density at radius 3 is 2.58 bits per heavy atom. The van der Waals surface area contributed by atoms with Crippen LogP contribution >= 0.6 is 0 Å². The summed E-state index contributed by atoms with van der Waals surface area (Å²) in [5, 5.41) is 9.01. The first-order chi connectivity index (χ1) is 16.2. The Bertz CT molecular complexity index is 1110. The van der Waals surface area contributed by atoms with E-state index in [9.17, 15) is 4.79 Å². The Morgan fingerprint density at radius 1 is 1.06 bits per heavy atom. The molecule has 1 N–H and O–H groups in total. The van der Waals surface area contributed by atoms with Crippen LogP contribution in [0.25, 0.3) is 11.0 Å². The lowest BCUT2D eigenvalue weighted by molar-refractivity contribution is 0.0690. The van der Waals surface area contributed by atoms with Gasteiger partial charge in [0.05, 0.1) is 24.8 Å². The highest BCUT2D eigenvalue weighted by molar-refractivity contribution is 5.85. The van der Waals surface area contributed by atoms with Crippen LogP contribution in [0.3, 0.4) is 0 Å². The molecule has 3 heterocycles. The Labute approximate surface area is 192 Å². The minimum Gasteiger partial charge on any atom is -0.488 e. The third-order valence-corrected chi connectivity index (χ3v) is 6.56. The first-order valence-corrected chi connectivity index (χ1v) is 11.6. The van der Waals surface area contributed by atoms with E-state index in [1.165, 1.54) is 0 Å². The van der Waals surface area contributed by atoms with Crippen molar-refractivity contribution < 1.29 is 19.4 Å². The number of hydrogen-bond acceptors (Lipinski definition) is 7. The lowest BCUT2D eigenvalue weighted by Gasteiger charge is -2.31. The molecule has 1 saturated heterocycles. The Balaban J connectivity index is 1.24. The highest BCUT2D eigenvalue weighted by atomic mass is 16.5. The maximum absolute atomic E-state index is 11.0. The highest BCUT2D eigenvalue weighted by Crippen LogP contribution is 2.34. The van der Waals surface area contributed by atoms with E-state index in [-0.39, 0.29) is 11.8 Å². The van der Waals surface area contributed by atoms with Crippen LogP contribution in [0.2, 0.25) is 0 Å². The largest absolute Gasteiger partial charge is 0.488 e. The summed E-state index contributed by atoms with van der Waals surface area (Å²) in [6.07, 6.45) is 10.3. The zero-order valence-corrected chi connectivity index (χ0v) is 18.5. The third kappa shape index (κ3) is 5.06. The molecule has 0 atom stereocenters. The van der Waals surface area contributed by atoms with Crippen LogP contribution in [0.4, 0.5) is 5.69 Å². The maximum Gasteiger partial charge on any atom is 0.354 e. The molecule has 1 aliphatic heterocycles. The van der Waals surface area contributed by atoms with Crippen LogP contribution < -0.4 is 9.64 Å². The van der Waals surface area contributed by atoms with E-state index >= 15 is 0 Å². The van der Waals surface area contributed by atoms with E-state index < -0.39 is 5.97 Å². The summed E-state index contributed by atoms with van der Waals surface area (Å²) in [7, 11) is 0. The van der Waals surface area contributed by atoms with Crippen molar-refractivity contribution in [3.8, 4) is 5.75 Å². The molecule has 0 amide bonds. The molecule has 0 spiro atoms. The normalized spacial score (nSPS) is 21.2. The van der Waals surface area contributed by atoms with Crippen molar-refractivity contribution in [3.63, 3.8) is 0 Å². The van der Waals surface area contributed by atoms with Crippen LogP contribution in [0, 0.1) is 5.92 Å². The maximum atomic E-state index is 11.0. The fourth-order valence-corrected chi connectivity index (χ4v) is 4.76. The lowest BCUT2D eigenvalue weighted by atomic mass is 9.83.